The predicted octanol–water partition coefficient (Wildman–Crippen LogP) is 0.539. The fourth-order valence-electron chi connectivity index (χ4n) is 2.18. The van der Waals surface area contributed by atoms with Gasteiger partial charge in [-0.1, -0.05) is 6.92 Å². The second-order valence-electron chi connectivity index (χ2n) is 4.63. The van der Waals surface area contributed by atoms with E-state index in [9.17, 15) is 9.90 Å². The minimum Gasteiger partial charge on any atom is -0.386 e. The maximum absolute atomic E-state index is 11.9. The molecule has 4 heteroatoms. The maximum Gasteiger partial charge on any atom is 0.251 e. The van der Waals surface area contributed by atoms with Crippen molar-refractivity contribution in [1.29, 1.82) is 0 Å². The number of carbonyl (C=O) groups excluding carboxylic acids is 1. The van der Waals surface area contributed by atoms with Crippen LogP contribution in [0.3, 0.4) is 0 Å². The highest BCUT2D eigenvalue weighted by molar-refractivity contribution is 5.82. The smallest absolute Gasteiger partial charge is 0.251 e. The van der Waals surface area contributed by atoms with Crippen molar-refractivity contribution in [3.8, 4) is 0 Å². The quantitative estimate of drug-likeness (QED) is 0.728. The first kappa shape index (κ1) is 10.9. The van der Waals surface area contributed by atoms with E-state index in [1.165, 1.54) is 0 Å². The number of ether oxygens (including phenoxy) is 1. The Balaban J connectivity index is 1.83. The molecule has 0 aromatic heterocycles. The van der Waals surface area contributed by atoms with Gasteiger partial charge in [-0.2, -0.15) is 0 Å². The summed E-state index contributed by atoms with van der Waals surface area (Å²) < 4.78 is 5.43. The van der Waals surface area contributed by atoms with Crippen molar-refractivity contribution in [1.82, 2.24) is 4.90 Å². The molecule has 1 N–H and O–H groups in total. The maximum atomic E-state index is 11.9. The van der Waals surface area contributed by atoms with Gasteiger partial charge in [-0.15, -0.1) is 0 Å². The largest absolute Gasteiger partial charge is 0.386 e. The summed E-state index contributed by atoms with van der Waals surface area (Å²) in [6.07, 6.45) is 3.42. The number of β-amino-alcohol motifs (C(OH)–C–C–N with tert-alkyl or cyclic N) is 1. The number of hydrogen-bond acceptors (Lipinski definition) is 3. The van der Waals surface area contributed by atoms with Crippen LogP contribution in [-0.4, -0.2) is 47.3 Å². The van der Waals surface area contributed by atoms with Crippen LogP contribution in [-0.2, 0) is 9.53 Å². The molecule has 0 aromatic rings. The number of likely N-dealkylation sites (tertiary alicyclic amines) is 1. The Kier molecular flexibility index (Phi) is 2.98. The lowest BCUT2D eigenvalue weighted by molar-refractivity contribution is -0.169. The van der Waals surface area contributed by atoms with Gasteiger partial charge in [0.1, 0.15) is 6.10 Å². The first-order chi connectivity index (χ1) is 7.14. The van der Waals surface area contributed by atoms with E-state index < -0.39 is 5.60 Å². The average Bonchev–Trinajstić information content (AvgIpc) is 2.25. The number of carbonyl (C=O) groups is 1. The van der Waals surface area contributed by atoms with Crippen LogP contribution in [0.4, 0.5) is 0 Å². The summed E-state index contributed by atoms with van der Waals surface area (Å²) >= 11 is 0. The summed E-state index contributed by atoms with van der Waals surface area (Å²) in [5.74, 6) is 0.0628. The van der Waals surface area contributed by atoms with E-state index >= 15 is 0 Å². The molecule has 1 atom stereocenters. The van der Waals surface area contributed by atoms with E-state index in [0.29, 0.717) is 26.1 Å². The molecule has 2 rings (SSSR count). The zero-order valence-electron chi connectivity index (χ0n) is 9.24. The van der Waals surface area contributed by atoms with Crippen LogP contribution >= 0.6 is 0 Å². The molecule has 1 amide bonds. The standard InChI is InChI=1S/C11H19NO3/c1-2-11(14)7-12(8-11)10(13)9-5-3-4-6-15-9/h9,14H,2-8H2,1H3. The minimum absolute atomic E-state index is 0.0628. The van der Waals surface area contributed by atoms with E-state index in [0.717, 1.165) is 19.3 Å². The lowest BCUT2D eigenvalue weighted by atomic mass is 9.90. The highest BCUT2D eigenvalue weighted by Crippen LogP contribution is 2.26. The van der Waals surface area contributed by atoms with Gasteiger partial charge in [0.15, 0.2) is 0 Å². The third kappa shape index (κ3) is 2.16. The van der Waals surface area contributed by atoms with Crippen LogP contribution in [0.5, 0.6) is 0 Å². The first-order valence-corrected chi connectivity index (χ1v) is 5.77. The van der Waals surface area contributed by atoms with E-state index in [4.69, 9.17) is 4.74 Å². The van der Waals surface area contributed by atoms with Gasteiger partial charge >= 0.3 is 0 Å². The summed E-state index contributed by atoms with van der Waals surface area (Å²) in [5.41, 5.74) is -0.635. The Morgan fingerprint density at radius 3 is 2.80 bits per heavy atom. The van der Waals surface area contributed by atoms with Crippen molar-refractivity contribution in [2.75, 3.05) is 19.7 Å². The summed E-state index contributed by atoms with van der Waals surface area (Å²) in [5, 5.41) is 9.80. The molecule has 2 heterocycles. The third-order valence-corrected chi connectivity index (χ3v) is 3.40. The highest BCUT2D eigenvalue weighted by atomic mass is 16.5. The molecule has 2 aliphatic rings. The molecule has 0 aromatic carbocycles. The molecule has 0 radical (unpaired) electrons. The predicted molar refractivity (Wildman–Crippen MR) is 55.4 cm³/mol. The van der Waals surface area contributed by atoms with Crippen molar-refractivity contribution in [3.63, 3.8) is 0 Å². The lowest BCUT2D eigenvalue weighted by Gasteiger charge is -2.47. The monoisotopic (exact) mass is 213 g/mol. The lowest BCUT2D eigenvalue weighted by Crippen LogP contribution is -2.65. The molecule has 2 saturated heterocycles. The Bertz CT molecular complexity index is 242. The van der Waals surface area contributed by atoms with Gasteiger partial charge in [-0.05, 0) is 25.7 Å². The number of rotatable bonds is 2. The summed E-state index contributed by atoms with van der Waals surface area (Å²) in [6, 6.07) is 0. The SMILES string of the molecule is CCC1(O)CN(C(=O)C2CCCCO2)C1. The molecule has 0 aliphatic carbocycles. The minimum atomic E-state index is -0.635. The number of aliphatic hydroxyl groups is 1. The van der Waals surface area contributed by atoms with Gasteiger partial charge in [-0.3, -0.25) is 4.79 Å². The van der Waals surface area contributed by atoms with Gasteiger partial charge < -0.3 is 14.7 Å². The second-order valence-corrected chi connectivity index (χ2v) is 4.63. The zero-order valence-corrected chi connectivity index (χ0v) is 9.24. The molecule has 0 saturated carbocycles. The first-order valence-electron chi connectivity index (χ1n) is 5.77. The van der Waals surface area contributed by atoms with Crippen molar-refractivity contribution >= 4 is 5.91 Å². The fourth-order valence-corrected chi connectivity index (χ4v) is 2.18. The Morgan fingerprint density at radius 1 is 1.53 bits per heavy atom. The number of amides is 1. The summed E-state index contributed by atoms with van der Waals surface area (Å²) in [4.78, 5) is 13.6. The van der Waals surface area contributed by atoms with Crippen LogP contribution in [0.2, 0.25) is 0 Å². The third-order valence-electron chi connectivity index (χ3n) is 3.40. The zero-order chi connectivity index (χ0) is 10.9. The molecule has 2 fully saturated rings. The normalized spacial score (nSPS) is 29.7. The Labute approximate surface area is 90.2 Å². The molecule has 4 nitrogen and oxygen atoms in total. The summed E-state index contributed by atoms with van der Waals surface area (Å²) in [7, 11) is 0. The topological polar surface area (TPSA) is 49.8 Å². The van der Waals surface area contributed by atoms with Gasteiger partial charge in [0.05, 0.1) is 18.7 Å². The van der Waals surface area contributed by atoms with Crippen molar-refractivity contribution in [2.24, 2.45) is 0 Å². The molecule has 15 heavy (non-hydrogen) atoms. The number of nitrogens with zero attached hydrogens (tertiary/aromatic N) is 1. The second kappa shape index (κ2) is 4.10. The van der Waals surface area contributed by atoms with E-state index in [1.807, 2.05) is 6.92 Å². The van der Waals surface area contributed by atoms with Gasteiger partial charge in [0.2, 0.25) is 0 Å². The molecule has 0 bridgehead atoms. The highest BCUT2D eigenvalue weighted by Gasteiger charge is 2.44. The molecular weight excluding hydrogens is 194 g/mol. The van der Waals surface area contributed by atoms with E-state index in [1.54, 1.807) is 4.90 Å². The van der Waals surface area contributed by atoms with Crippen LogP contribution in [0.25, 0.3) is 0 Å². The van der Waals surface area contributed by atoms with Crippen LogP contribution in [0.1, 0.15) is 32.6 Å². The number of hydrogen-bond donors (Lipinski definition) is 1. The molecular formula is C11H19NO3. The van der Waals surface area contributed by atoms with E-state index in [2.05, 4.69) is 0 Å². The molecule has 0 spiro atoms. The molecule has 1 unspecified atom stereocenters. The Hall–Kier alpha value is -0.610. The van der Waals surface area contributed by atoms with Gasteiger partial charge in [0, 0.05) is 6.61 Å². The van der Waals surface area contributed by atoms with E-state index in [-0.39, 0.29) is 12.0 Å². The Morgan fingerprint density at radius 2 is 2.27 bits per heavy atom. The molecule has 2 aliphatic heterocycles. The average molecular weight is 213 g/mol. The van der Waals surface area contributed by atoms with Crippen LogP contribution in [0, 0.1) is 0 Å². The van der Waals surface area contributed by atoms with Gasteiger partial charge in [0.25, 0.3) is 5.91 Å². The van der Waals surface area contributed by atoms with Crippen molar-refractivity contribution in [3.05, 3.63) is 0 Å². The summed E-state index contributed by atoms with van der Waals surface area (Å²) in [6.45, 7) is 3.59. The van der Waals surface area contributed by atoms with Crippen LogP contribution < -0.4 is 0 Å². The molecule has 86 valence electrons. The van der Waals surface area contributed by atoms with Crippen molar-refractivity contribution < 1.29 is 14.6 Å². The fraction of sp³-hybridized carbons (Fsp3) is 0.909. The van der Waals surface area contributed by atoms with Gasteiger partial charge in [-0.25, -0.2) is 0 Å². The van der Waals surface area contributed by atoms with Crippen molar-refractivity contribution in [2.45, 2.75) is 44.3 Å². The van der Waals surface area contributed by atoms with Crippen LogP contribution in [0.15, 0.2) is 0 Å².